The number of nitrogens with zero attached hydrogens (tertiary/aromatic N) is 2. The third kappa shape index (κ3) is 7.15. The van der Waals surface area contributed by atoms with E-state index in [0.717, 1.165) is 24.9 Å². The highest BCUT2D eigenvalue weighted by atomic mass is 127. The molecule has 1 saturated carbocycles. The van der Waals surface area contributed by atoms with E-state index in [2.05, 4.69) is 15.6 Å². The topological polar surface area (TPSA) is 56.7 Å². The summed E-state index contributed by atoms with van der Waals surface area (Å²) in [5, 5.41) is 6.07. The van der Waals surface area contributed by atoms with E-state index in [-0.39, 0.29) is 42.2 Å². The fraction of sp³-hybridized carbons (Fsp3) is 0.500. The lowest BCUT2D eigenvalue weighted by molar-refractivity contribution is -0.119. The molecule has 0 aromatic heterocycles. The van der Waals surface area contributed by atoms with Gasteiger partial charge >= 0.3 is 0 Å². The summed E-state index contributed by atoms with van der Waals surface area (Å²) in [6.07, 6.45) is 2.14. The minimum absolute atomic E-state index is 0. The van der Waals surface area contributed by atoms with E-state index in [1.54, 1.807) is 12.1 Å². The molecule has 1 aliphatic rings. The average Bonchev–Trinajstić information content (AvgIpc) is 3.29. The fourth-order valence-electron chi connectivity index (χ4n) is 2.06. The van der Waals surface area contributed by atoms with Gasteiger partial charge in [0.1, 0.15) is 12.4 Å². The number of halogens is 2. The van der Waals surface area contributed by atoms with Gasteiger partial charge in [0.2, 0.25) is 5.91 Å². The molecule has 1 aromatic rings. The Bertz CT molecular complexity index is 531. The zero-order valence-corrected chi connectivity index (χ0v) is 15.8. The standard InChI is InChI=1S/C16H23FN4O.HI/c1-3-18-16(19-10-15(22)20-14-8-9-14)21(2)11-12-4-6-13(17)7-5-12;/h4-7,14H,3,8-11H2,1-2H3,(H,18,19)(H,20,22);1H. The number of nitrogens with one attached hydrogen (secondary N) is 2. The first kappa shape index (κ1) is 19.7. The zero-order chi connectivity index (χ0) is 15.9. The Morgan fingerprint density at radius 2 is 2.00 bits per heavy atom. The Morgan fingerprint density at radius 1 is 1.35 bits per heavy atom. The number of carbonyl (C=O) groups is 1. The van der Waals surface area contributed by atoms with Crippen molar-refractivity contribution in [1.82, 2.24) is 15.5 Å². The molecular formula is C16H24FIN4O. The molecule has 2 rings (SSSR count). The van der Waals surface area contributed by atoms with Gasteiger partial charge in [-0.05, 0) is 37.5 Å². The maximum Gasteiger partial charge on any atom is 0.242 e. The number of amides is 1. The smallest absolute Gasteiger partial charge is 0.242 e. The van der Waals surface area contributed by atoms with Crippen molar-refractivity contribution in [1.29, 1.82) is 0 Å². The summed E-state index contributed by atoms with van der Waals surface area (Å²) in [5.74, 6) is 0.370. The van der Waals surface area contributed by atoms with Crippen LogP contribution in [0.25, 0.3) is 0 Å². The molecule has 2 N–H and O–H groups in total. The Morgan fingerprint density at radius 3 is 2.57 bits per heavy atom. The minimum atomic E-state index is -0.247. The van der Waals surface area contributed by atoms with Crippen LogP contribution in [0.15, 0.2) is 29.3 Å². The van der Waals surface area contributed by atoms with Crippen LogP contribution in [0.5, 0.6) is 0 Å². The first-order valence-corrected chi connectivity index (χ1v) is 7.61. The fourth-order valence-corrected chi connectivity index (χ4v) is 2.06. The van der Waals surface area contributed by atoms with Crippen LogP contribution >= 0.6 is 24.0 Å². The quantitative estimate of drug-likeness (QED) is 0.410. The van der Waals surface area contributed by atoms with Crippen LogP contribution in [0.4, 0.5) is 4.39 Å². The lowest BCUT2D eigenvalue weighted by atomic mass is 10.2. The van der Waals surface area contributed by atoms with Crippen molar-refractivity contribution < 1.29 is 9.18 Å². The summed E-state index contributed by atoms with van der Waals surface area (Å²) in [7, 11) is 1.89. The molecule has 0 saturated heterocycles. The molecule has 128 valence electrons. The highest BCUT2D eigenvalue weighted by molar-refractivity contribution is 14.0. The molecule has 0 unspecified atom stereocenters. The Balaban J connectivity index is 0.00000264. The van der Waals surface area contributed by atoms with Crippen molar-refractivity contribution >= 4 is 35.8 Å². The van der Waals surface area contributed by atoms with Crippen LogP contribution in [0, 0.1) is 5.82 Å². The van der Waals surface area contributed by atoms with Gasteiger partial charge in [-0.3, -0.25) is 4.79 Å². The SMILES string of the molecule is CCNC(=NCC(=O)NC1CC1)N(C)Cc1ccc(F)cc1.I. The zero-order valence-electron chi connectivity index (χ0n) is 13.5. The lowest BCUT2D eigenvalue weighted by Crippen LogP contribution is -2.39. The summed E-state index contributed by atoms with van der Waals surface area (Å²) < 4.78 is 12.9. The third-order valence-corrected chi connectivity index (χ3v) is 3.34. The van der Waals surface area contributed by atoms with Crippen LogP contribution in [-0.2, 0) is 11.3 Å². The van der Waals surface area contributed by atoms with Gasteiger partial charge in [0, 0.05) is 26.2 Å². The summed E-state index contributed by atoms with van der Waals surface area (Å²) in [6, 6.07) is 6.72. The van der Waals surface area contributed by atoms with E-state index < -0.39 is 0 Å². The van der Waals surface area contributed by atoms with Gasteiger partial charge in [-0.25, -0.2) is 9.38 Å². The third-order valence-electron chi connectivity index (χ3n) is 3.34. The largest absolute Gasteiger partial charge is 0.357 e. The molecule has 0 aliphatic heterocycles. The molecule has 1 aromatic carbocycles. The first-order chi connectivity index (χ1) is 10.6. The maximum absolute atomic E-state index is 12.9. The second kappa shape index (κ2) is 9.69. The number of rotatable bonds is 6. The van der Waals surface area contributed by atoms with Crippen LogP contribution in [0.2, 0.25) is 0 Å². The number of hydrogen-bond acceptors (Lipinski definition) is 2. The van der Waals surface area contributed by atoms with E-state index in [9.17, 15) is 9.18 Å². The van der Waals surface area contributed by atoms with Gasteiger partial charge in [-0.15, -0.1) is 24.0 Å². The number of guanidine groups is 1. The maximum atomic E-state index is 12.9. The first-order valence-electron chi connectivity index (χ1n) is 7.61. The van der Waals surface area contributed by atoms with Gasteiger partial charge in [-0.2, -0.15) is 0 Å². The van der Waals surface area contributed by atoms with E-state index in [0.29, 0.717) is 18.5 Å². The van der Waals surface area contributed by atoms with Gasteiger partial charge in [0.15, 0.2) is 5.96 Å². The molecule has 5 nitrogen and oxygen atoms in total. The molecule has 1 aliphatic carbocycles. The molecule has 23 heavy (non-hydrogen) atoms. The molecule has 0 atom stereocenters. The molecule has 7 heteroatoms. The lowest BCUT2D eigenvalue weighted by Gasteiger charge is -2.22. The van der Waals surface area contributed by atoms with Gasteiger partial charge in [-0.1, -0.05) is 12.1 Å². The number of benzene rings is 1. The number of aliphatic imine (C=N–C) groups is 1. The Kier molecular flexibility index (Phi) is 8.29. The molecular weight excluding hydrogens is 410 g/mol. The van der Waals surface area contributed by atoms with Gasteiger partial charge < -0.3 is 15.5 Å². The van der Waals surface area contributed by atoms with Gasteiger partial charge in [0.05, 0.1) is 0 Å². The highest BCUT2D eigenvalue weighted by Gasteiger charge is 2.22. The van der Waals surface area contributed by atoms with Gasteiger partial charge in [0.25, 0.3) is 0 Å². The van der Waals surface area contributed by atoms with Crippen molar-refractivity contribution in [3.8, 4) is 0 Å². The molecule has 1 amide bonds. The van der Waals surface area contributed by atoms with Crippen LogP contribution in [-0.4, -0.2) is 42.9 Å². The predicted molar refractivity (Wildman–Crippen MR) is 100 cm³/mol. The highest BCUT2D eigenvalue weighted by Crippen LogP contribution is 2.18. The summed E-state index contributed by atoms with van der Waals surface area (Å²) in [4.78, 5) is 18.0. The minimum Gasteiger partial charge on any atom is -0.357 e. The molecule has 0 bridgehead atoms. The summed E-state index contributed by atoms with van der Waals surface area (Å²) in [6.45, 7) is 3.41. The molecule has 0 radical (unpaired) electrons. The van der Waals surface area contributed by atoms with Crippen LogP contribution in [0.1, 0.15) is 25.3 Å². The number of carbonyl (C=O) groups excluding carboxylic acids is 1. The van der Waals surface area contributed by atoms with Crippen molar-refractivity contribution in [2.45, 2.75) is 32.4 Å². The van der Waals surface area contributed by atoms with E-state index in [1.165, 1.54) is 12.1 Å². The Hall–Kier alpha value is -1.38. The second-order valence-corrected chi connectivity index (χ2v) is 5.49. The summed E-state index contributed by atoms with van der Waals surface area (Å²) in [5.41, 5.74) is 0.983. The number of hydrogen-bond donors (Lipinski definition) is 2. The second-order valence-electron chi connectivity index (χ2n) is 5.49. The predicted octanol–water partition coefficient (Wildman–Crippen LogP) is 2.12. The van der Waals surface area contributed by atoms with E-state index in [1.807, 2.05) is 18.9 Å². The van der Waals surface area contributed by atoms with Crippen molar-refractivity contribution in [2.75, 3.05) is 20.1 Å². The van der Waals surface area contributed by atoms with Crippen LogP contribution in [0.3, 0.4) is 0 Å². The van der Waals surface area contributed by atoms with Crippen molar-refractivity contribution in [2.24, 2.45) is 4.99 Å². The van der Waals surface area contributed by atoms with Crippen molar-refractivity contribution in [3.05, 3.63) is 35.6 Å². The van der Waals surface area contributed by atoms with Crippen molar-refractivity contribution in [3.63, 3.8) is 0 Å². The Labute approximate surface area is 153 Å². The molecule has 1 fully saturated rings. The average molecular weight is 434 g/mol. The monoisotopic (exact) mass is 434 g/mol. The molecule has 0 heterocycles. The van der Waals surface area contributed by atoms with E-state index >= 15 is 0 Å². The summed E-state index contributed by atoms with van der Waals surface area (Å²) >= 11 is 0. The van der Waals surface area contributed by atoms with E-state index in [4.69, 9.17) is 0 Å². The van der Waals surface area contributed by atoms with Crippen LogP contribution < -0.4 is 10.6 Å². The molecule has 0 spiro atoms. The normalized spacial score (nSPS) is 14.0.